The molecule has 1 N–H and O–H groups in total. The van der Waals surface area contributed by atoms with Crippen LogP contribution >= 0.6 is 0 Å². The Kier molecular flexibility index (Phi) is 25.4. The highest BCUT2D eigenvalue weighted by Gasteiger charge is 2.43. The van der Waals surface area contributed by atoms with Gasteiger partial charge in [0, 0.05) is 58.2 Å². The molecule has 20 nitrogen and oxygen atoms in total. The first-order valence-corrected chi connectivity index (χ1v) is 30.5. The number of methoxy groups -OCH3 is 2. The second-order valence-electron chi connectivity index (χ2n) is 24.5. The number of cyclic esters (lactones) is 2. The molecule has 1 fully saturated rings. The van der Waals surface area contributed by atoms with E-state index in [1.807, 2.05) is 49.4 Å². The van der Waals surface area contributed by atoms with Gasteiger partial charge in [-0.05, 0) is 126 Å². The van der Waals surface area contributed by atoms with E-state index in [4.69, 9.17) is 28.4 Å². The van der Waals surface area contributed by atoms with Gasteiger partial charge >= 0.3 is 11.9 Å². The summed E-state index contributed by atoms with van der Waals surface area (Å²) in [6.07, 6.45) is 3.90. The molecule has 21 heteroatoms. The van der Waals surface area contributed by atoms with Gasteiger partial charge in [0.05, 0.1) is 44.4 Å². The number of nitrogens with one attached hydrogen (secondary N) is 1. The molecule has 0 radical (unpaired) electrons. The average Bonchev–Trinajstić information content (AvgIpc) is 2.06. The minimum atomic E-state index is -1.55. The topological polar surface area (TPSA) is 234 Å². The van der Waals surface area contributed by atoms with Crippen LogP contribution in [0.5, 0.6) is 17.2 Å². The van der Waals surface area contributed by atoms with Gasteiger partial charge in [0.25, 0.3) is 11.8 Å². The number of halogens is 1. The Hall–Kier alpha value is -8.20. The molecule has 482 valence electrons. The molecule has 2 heterocycles. The molecule has 0 saturated carbocycles. The van der Waals surface area contributed by atoms with Gasteiger partial charge in [-0.2, -0.15) is 0 Å². The Morgan fingerprint density at radius 3 is 2.19 bits per heavy atom. The number of likely N-dealkylation sites (N-methyl/N-ethyl adjacent to an activating group) is 3. The zero-order valence-electron chi connectivity index (χ0n) is 53.4. The van der Waals surface area contributed by atoms with Crippen molar-refractivity contribution in [3.63, 3.8) is 0 Å². The van der Waals surface area contributed by atoms with Crippen LogP contribution in [0, 0.1) is 17.2 Å². The van der Waals surface area contributed by atoms with Crippen molar-refractivity contribution in [2.45, 2.75) is 142 Å². The average molecular weight is 1230 g/mol. The standard InChI is InChI=1S/C68H88FN5O15/c1-12-13-24-50-53(75)39-48(37-45-28-31-46-21-14-15-22-47(46)36-45)64(81)73(9)52(41-88-67(2,3)4)63(80)70-40-58(76)71(7)34-18-17-27-60(78)87-43-68(5,6)62(79)65(82)74-35-19-16-25-51(74)66(83)89-54(32-29-44-30-33-55(84-10)57(38-44)85-11)49-23-20-26-56(61(49)69)86-42-59(77)72(50)8/h14-15,17,20-23,26-28,30-31,33,36,38,48,50-52,54H,12-13,16,18-19,24-25,29,32,34-35,37,39-43H2,1-11H3,(H,70,80)/t48-,50+,51+,52+,54-/m1/s1. The highest BCUT2D eigenvalue weighted by Crippen LogP contribution is 2.35. The molecule has 0 spiro atoms. The fraction of sp³-hybridized carbons (Fsp3) is 0.515. The molecule has 2 aliphatic heterocycles. The molecule has 2 bridgehead atoms. The number of ether oxygens (including phenoxy) is 6. The highest BCUT2D eigenvalue weighted by molar-refractivity contribution is 6.38. The molecule has 0 aromatic heterocycles. The lowest BCUT2D eigenvalue weighted by atomic mass is 9.87. The summed E-state index contributed by atoms with van der Waals surface area (Å²) >= 11 is 0. The van der Waals surface area contributed by atoms with Crippen LogP contribution in [-0.4, -0.2) is 171 Å². The third kappa shape index (κ3) is 19.4. The lowest BCUT2D eigenvalue weighted by Crippen LogP contribution is -2.54. The normalized spacial score (nSPS) is 21.6. The second-order valence-corrected chi connectivity index (χ2v) is 24.5. The number of unbranched alkanes of at least 4 members (excludes halogenated alkanes) is 1. The van der Waals surface area contributed by atoms with E-state index in [1.165, 1.54) is 88.2 Å². The first-order chi connectivity index (χ1) is 42.3. The SMILES string of the molecule is CCCC[C@H]1C(=O)C[C@@H](Cc2ccc3ccccc3c2)C(=O)N(C)[C@@H](COC(C)(C)C)C(=O)NCC(=O)N(C)CCC=CC(=O)OCC(C)(C)C(=O)C(=O)N2CCCC[C@H]2C(=O)O[C@H](CCc2ccc(OC)c(OC)c2)c2cccc(c2F)OCC(=O)N1C. The molecule has 4 aromatic rings. The third-order valence-electron chi connectivity index (χ3n) is 16.2. The van der Waals surface area contributed by atoms with E-state index in [1.54, 1.807) is 39.0 Å². The molecule has 1 saturated heterocycles. The van der Waals surface area contributed by atoms with E-state index in [-0.39, 0.29) is 76.0 Å². The number of rotatable bonds is 12. The minimum absolute atomic E-state index is 0.00442. The van der Waals surface area contributed by atoms with Gasteiger partial charge in [-0.3, -0.25) is 33.6 Å². The summed E-state index contributed by atoms with van der Waals surface area (Å²) in [5, 5.41) is 4.53. The van der Waals surface area contributed by atoms with Crippen molar-refractivity contribution in [1.29, 1.82) is 0 Å². The molecule has 5 amide bonds. The second kappa shape index (κ2) is 32.3. The fourth-order valence-corrected chi connectivity index (χ4v) is 10.7. The highest BCUT2D eigenvalue weighted by atomic mass is 19.1. The number of carbonyl (C=O) groups excluding carboxylic acids is 9. The minimum Gasteiger partial charge on any atom is -0.493 e. The Bertz CT molecular complexity index is 3210. The fourth-order valence-electron chi connectivity index (χ4n) is 10.7. The smallest absolute Gasteiger partial charge is 0.330 e. The number of ketones is 2. The van der Waals surface area contributed by atoms with Gasteiger partial charge in [0.15, 0.2) is 35.5 Å². The molecule has 89 heavy (non-hydrogen) atoms. The summed E-state index contributed by atoms with van der Waals surface area (Å²) in [5.74, 6) is -7.97. The van der Waals surface area contributed by atoms with Crippen LogP contribution in [0.25, 0.3) is 10.8 Å². The number of Topliss-reactive ketones (excluding diaryl/α,β-unsaturated/α-hetero) is 2. The van der Waals surface area contributed by atoms with Crippen LogP contribution in [0.1, 0.15) is 122 Å². The van der Waals surface area contributed by atoms with Gasteiger partial charge in [-0.25, -0.2) is 14.0 Å². The molecule has 2 aliphatic rings. The van der Waals surface area contributed by atoms with Crippen molar-refractivity contribution in [1.82, 2.24) is 24.9 Å². The van der Waals surface area contributed by atoms with Crippen LogP contribution in [0.2, 0.25) is 0 Å². The number of carbonyl (C=O) groups is 9. The van der Waals surface area contributed by atoms with Crippen LogP contribution in [0.4, 0.5) is 4.39 Å². The van der Waals surface area contributed by atoms with Gasteiger partial charge in [0.2, 0.25) is 23.5 Å². The summed E-state index contributed by atoms with van der Waals surface area (Å²) in [4.78, 5) is 133. The van der Waals surface area contributed by atoms with E-state index >= 15 is 9.18 Å². The molecular weight excluding hydrogens is 1150 g/mol. The Labute approximate surface area is 521 Å². The first-order valence-electron chi connectivity index (χ1n) is 30.5. The van der Waals surface area contributed by atoms with Crippen LogP contribution < -0.4 is 19.5 Å². The summed E-state index contributed by atoms with van der Waals surface area (Å²) < 4.78 is 51.8. The molecule has 4 aromatic carbocycles. The van der Waals surface area contributed by atoms with Crippen molar-refractivity contribution < 1.29 is 76.0 Å². The van der Waals surface area contributed by atoms with Crippen molar-refractivity contribution in [2.24, 2.45) is 11.3 Å². The van der Waals surface area contributed by atoms with E-state index in [0.717, 1.165) is 32.9 Å². The van der Waals surface area contributed by atoms with E-state index < -0.39 is 120 Å². The predicted octanol–water partition coefficient (Wildman–Crippen LogP) is 8.12. The van der Waals surface area contributed by atoms with Gasteiger partial charge < -0.3 is 53.3 Å². The molecule has 0 unspecified atom stereocenters. The monoisotopic (exact) mass is 1230 g/mol. The summed E-state index contributed by atoms with van der Waals surface area (Å²) in [6, 6.07) is 19.3. The van der Waals surface area contributed by atoms with Crippen molar-refractivity contribution in [3.8, 4) is 17.2 Å². The van der Waals surface area contributed by atoms with E-state index in [2.05, 4.69) is 5.32 Å². The van der Waals surface area contributed by atoms with Crippen molar-refractivity contribution in [3.05, 3.63) is 114 Å². The lowest BCUT2D eigenvalue weighted by Gasteiger charge is -2.36. The number of benzene rings is 4. The van der Waals surface area contributed by atoms with E-state index in [0.29, 0.717) is 37.2 Å². The third-order valence-corrected chi connectivity index (χ3v) is 16.2. The van der Waals surface area contributed by atoms with Gasteiger partial charge in [0.1, 0.15) is 24.8 Å². The first kappa shape index (κ1) is 69.9. The summed E-state index contributed by atoms with van der Waals surface area (Å²) in [5.41, 5.74) is -0.958. The molecular formula is C68H88FN5O15. The number of aryl methyl sites for hydroxylation is 1. The molecule has 6 rings (SSSR count). The zero-order chi connectivity index (χ0) is 65.2. The summed E-state index contributed by atoms with van der Waals surface area (Å²) in [6.45, 7) is 8.37. The van der Waals surface area contributed by atoms with Gasteiger partial charge in [-0.1, -0.05) is 86.5 Å². The number of nitrogens with zero attached hydrogens (tertiary/aromatic N) is 4. The van der Waals surface area contributed by atoms with Crippen molar-refractivity contribution in [2.75, 3.05) is 74.8 Å². The number of esters is 2. The largest absolute Gasteiger partial charge is 0.493 e. The van der Waals surface area contributed by atoms with Crippen LogP contribution in [0.15, 0.2) is 91.0 Å². The van der Waals surface area contributed by atoms with Crippen LogP contribution in [0.3, 0.4) is 0 Å². The Morgan fingerprint density at radius 1 is 0.764 bits per heavy atom. The summed E-state index contributed by atoms with van der Waals surface area (Å²) in [7, 11) is 7.39. The van der Waals surface area contributed by atoms with Gasteiger partial charge in [-0.15, -0.1) is 0 Å². The lowest BCUT2D eigenvalue weighted by molar-refractivity contribution is -0.165. The van der Waals surface area contributed by atoms with Crippen molar-refractivity contribution >= 4 is 63.8 Å². The number of piperidine rings is 1. The Morgan fingerprint density at radius 2 is 1.48 bits per heavy atom. The van der Waals surface area contributed by atoms with Crippen LogP contribution in [-0.2, 0) is 70.2 Å². The maximum Gasteiger partial charge on any atom is 0.330 e. The number of fused-ring (bicyclic) bond motifs is 4. The maximum atomic E-state index is 17.2. The maximum absolute atomic E-state index is 17.2. The number of hydrogen-bond donors (Lipinski definition) is 1. The zero-order valence-corrected chi connectivity index (χ0v) is 53.4. The quantitative estimate of drug-likeness (QED) is 0.104. The van der Waals surface area contributed by atoms with E-state index in [9.17, 15) is 38.4 Å². The number of hydrogen-bond acceptors (Lipinski definition) is 15. The predicted molar refractivity (Wildman–Crippen MR) is 331 cm³/mol. The molecule has 0 aliphatic carbocycles. The molecule has 5 atom stereocenters. The Balaban J connectivity index is 1.37. The number of amides is 5.